The highest BCUT2D eigenvalue weighted by molar-refractivity contribution is 6.22. The molecule has 0 saturated heterocycles. The van der Waals surface area contributed by atoms with E-state index in [1.165, 1.54) is 0 Å². The summed E-state index contributed by atoms with van der Waals surface area (Å²) in [4.78, 5) is 0. The third-order valence-electron chi connectivity index (χ3n) is 3.30. The van der Waals surface area contributed by atoms with Gasteiger partial charge in [-0.1, -0.05) is 0 Å². The van der Waals surface area contributed by atoms with Crippen molar-refractivity contribution in [2.24, 2.45) is 0 Å². The number of nitrogens with two attached hydrogens (primary N) is 7. The van der Waals surface area contributed by atoms with Crippen LogP contribution in [0.2, 0.25) is 0 Å². The van der Waals surface area contributed by atoms with Gasteiger partial charge in [0.2, 0.25) is 0 Å². The molecule has 0 aliphatic rings. The second-order valence-corrected chi connectivity index (χ2v) is 4.27. The number of benzene rings is 2. The smallest absolute Gasteiger partial charge is 0.0810 e. The maximum absolute atomic E-state index is 6.01. The number of nitrogen functional groups attached to an aromatic ring is 7. The summed E-state index contributed by atoms with van der Waals surface area (Å²) < 4.78 is 0. The molecule has 18 heavy (non-hydrogen) atoms. The van der Waals surface area contributed by atoms with Crippen molar-refractivity contribution in [1.29, 1.82) is 0 Å². The zero-order chi connectivity index (χ0) is 13.8. The highest BCUT2D eigenvalue weighted by Gasteiger charge is 2.20. The van der Waals surface area contributed by atoms with Crippen LogP contribution in [-0.4, -0.2) is 0 Å². The van der Waals surface area contributed by atoms with Gasteiger partial charge in [-0.3, -0.25) is 0 Å². The molecule has 7 nitrogen and oxygen atoms in total. The van der Waals surface area contributed by atoms with Crippen molar-refractivity contribution < 1.29 is 0 Å². The second kappa shape index (κ2) is 3.39. The molecule has 0 aromatic heterocycles. The molecule has 2 aromatic carbocycles. The normalized spacial score (nSPS) is 10.9. The highest BCUT2D eigenvalue weighted by Crippen LogP contribution is 2.47. The molecule has 2 aromatic rings. The molecule has 0 heterocycles. The van der Waals surface area contributed by atoms with Crippen molar-refractivity contribution >= 4 is 50.6 Å². The summed E-state index contributed by atoms with van der Waals surface area (Å²) in [6.07, 6.45) is 0. The van der Waals surface area contributed by atoms with Gasteiger partial charge < -0.3 is 40.1 Å². The standard InChI is InChI=1S/C11H17N7/c1-2-5(12)3-4(7(14)6(2)13)9(16)11(18)10(17)8(3)15/h12-18H2,1H3. The van der Waals surface area contributed by atoms with Crippen LogP contribution in [0.5, 0.6) is 0 Å². The minimum absolute atomic E-state index is 0.189. The van der Waals surface area contributed by atoms with Gasteiger partial charge in [0, 0.05) is 16.5 Å². The monoisotopic (exact) mass is 247 g/mol. The number of anilines is 7. The van der Waals surface area contributed by atoms with Gasteiger partial charge in [0.1, 0.15) is 0 Å². The van der Waals surface area contributed by atoms with Gasteiger partial charge in [-0.25, -0.2) is 0 Å². The largest absolute Gasteiger partial charge is 0.398 e. The fourth-order valence-electron chi connectivity index (χ4n) is 2.06. The first kappa shape index (κ1) is 11.8. The maximum atomic E-state index is 6.01. The van der Waals surface area contributed by atoms with Crippen molar-refractivity contribution in [3.8, 4) is 0 Å². The molecule has 2 rings (SSSR count). The van der Waals surface area contributed by atoms with Crippen LogP contribution in [0.1, 0.15) is 5.56 Å². The van der Waals surface area contributed by atoms with Gasteiger partial charge >= 0.3 is 0 Å². The zero-order valence-electron chi connectivity index (χ0n) is 10.0. The Labute approximate surface area is 104 Å². The number of hydrogen-bond donors (Lipinski definition) is 7. The number of fused-ring (bicyclic) bond motifs is 1. The molecule has 0 atom stereocenters. The van der Waals surface area contributed by atoms with Crippen LogP contribution < -0.4 is 40.1 Å². The van der Waals surface area contributed by atoms with Gasteiger partial charge in [0.15, 0.2) is 0 Å². The van der Waals surface area contributed by atoms with Gasteiger partial charge in [-0.15, -0.1) is 0 Å². The predicted octanol–water partition coefficient (Wildman–Crippen LogP) is 0.224. The highest BCUT2D eigenvalue weighted by atomic mass is 14.8. The van der Waals surface area contributed by atoms with Crippen molar-refractivity contribution in [3.63, 3.8) is 0 Å². The van der Waals surface area contributed by atoms with Crippen LogP contribution in [-0.2, 0) is 0 Å². The molecule has 0 fully saturated rings. The van der Waals surface area contributed by atoms with E-state index in [1.807, 2.05) is 0 Å². The Hall–Kier alpha value is -2.70. The van der Waals surface area contributed by atoms with E-state index in [-0.39, 0.29) is 22.7 Å². The Kier molecular flexibility index (Phi) is 2.22. The van der Waals surface area contributed by atoms with E-state index >= 15 is 0 Å². The minimum Gasteiger partial charge on any atom is -0.398 e. The third kappa shape index (κ3) is 1.18. The summed E-state index contributed by atoms with van der Waals surface area (Å²) in [5.74, 6) is 0. The van der Waals surface area contributed by atoms with Crippen molar-refractivity contribution in [2.75, 3.05) is 40.1 Å². The van der Waals surface area contributed by atoms with E-state index in [4.69, 9.17) is 40.1 Å². The Bertz CT molecular complexity index is 562. The predicted molar refractivity (Wildman–Crippen MR) is 79.6 cm³/mol. The number of hydrogen-bond acceptors (Lipinski definition) is 7. The lowest BCUT2D eigenvalue weighted by atomic mass is 9.96. The summed E-state index contributed by atoms with van der Waals surface area (Å²) in [5.41, 5.74) is 44.0. The molecule has 0 amide bonds. The molecule has 0 saturated carbocycles. The summed E-state index contributed by atoms with van der Waals surface area (Å²) in [6, 6.07) is 0. The van der Waals surface area contributed by atoms with E-state index < -0.39 is 0 Å². The average molecular weight is 247 g/mol. The van der Waals surface area contributed by atoms with E-state index in [0.717, 1.165) is 0 Å². The lowest BCUT2D eigenvalue weighted by molar-refractivity contribution is 1.50. The van der Waals surface area contributed by atoms with Crippen molar-refractivity contribution in [2.45, 2.75) is 6.92 Å². The fraction of sp³-hybridized carbons (Fsp3) is 0.0909. The summed E-state index contributed by atoms with van der Waals surface area (Å²) in [7, 11) is 0. The minimum atomic E-state index is 0.189. The second-order valence-electron chi connectivity index (χ2n) is 4.27. The SMILES string of the molecule is Cc1c(N)c(N)c2c(N)c(N)c(N)c(N)c2c1N. The van der Waals surface area contributed by atoms with Crippen LogP contribution in [0.25, 0.3) is 10.8 Å². The van der Waals surface area contributed by atoms with E-state index in [2.05, 4.69) is 0 Å². The first-order chi connectivity index (χ1) is 8.29. The average Bonchev–Trinajstić information content (AvgIpc) is 2.35. The molecule has 0 spiro atoms. The Balaban J connectivity index is 3.22. The van der Waals surface area contributed by atoms with E-state index in [9.17, 15) is 0 Å². The van der Waals surface area contributed by atoms with E-state index in [1.54, 1.807) is 6.92 Å². The molecule has 14 N–H and O–H groups in total. The summed E-state index contributed by atoms with van der Waals surface area (Å²) in [5, 5.41) is 0.961. The summed E-state index contributed by atoms with van der Waals surface area (Å²) in [6.45, 7) is 1.75. The van der Waals surface area contributed by atoms with Crippen LogP contribution in [0, 0.1) is 6.92 Å². The molecular weight excluding hydrogens is 230 g/mol. The molecule has 0 radical (unpaired) electrons. The maximum Gasteiger partial charge on any atom is 0.0810 e. The van der Waals surface area contributed by atoms with Crippen molar-refractivity contribution in [1.82, 2.24) is 0 Å². The van der Waals surface area contributed by atoms with Gasteiger partial charge in [-0.05, 0) is 12.5 Å². The fourth-order valence-corrected chi connectivity index (χ4v) is 2.06. The molecular formula is C11H17N7. The molecule has 0 aliphatic carbocycles. The Morgan fingerprint density at radius 1 is 0.444 bits per heavy atom. The van der Waals surface area contributed by atoms with E-state index in [0.29, 0.717) is 33.4 Å². The van der Waals surface area contributed by atoms with Crippen LogP contribution >= 0.6 is 0 Å². The molecule has 0 unspecified atom stereocenters. The third-order valence-corrected chi connectivity index (χ3v) is 3.30. The number of rotatable bonds is 0. The quantitative estimate of drug-likeness (QED) is 0.325. The van der Waals surface area contributed by atoms with Crippen molar-refractivity contribution in [3.05, 3.63) is 5.56 Å². The first-order valence-electron chi connectivity index (χ1n) is 5.27. The molecule has 0 aliphatic heterocycles. The summed E-state index contributed by atoms with van der Waals surface area (Å²) >= 11 is 0. The lowest BCUT2D eigenvalue weighted by Gasteiger charge is -2.19. The van der Waals surface area contributed by atoms with Crippen LogP contribution in [0.4, 0.5) is 39.8 Å². The lowest BCUT2D eigenvalue weighted by Crippen LogP contribution is -2.10. The van der Waals surface area contributed by atoms with Crippen LogP contribution in [0.3, 0.4) is 0 Å². The topological polar surface area (TPSA) is 182 Å². The first-order valence-corrected chi connectivity index (χ1v) is 5.27. The zero-order valence-corrected chi connectivity index (χ0v) is 10.0. The molecule has 0 bridgehead atoms. The van der Waals surface area contributed by atoms with Gasteiger partial charge in [0.05, 0.1) is 34.1 Å². The van der Waals surface area contributed by atoms with Crippen LogP contribution in [0.15, 0.2) is 0 Å². The molecule has 96 valence electrons. The van der Waals surface area contributed by atoms with Gasteiger partial charge in [0.25, 0.3) is 0 Å². The Morgan fingerprint density at radius 3 is 1.22 bits per heavy atom. The molecule has 7 heteroatoms. The van der Waals surface area contributed by atoms with Gasteiger partial charge in [-0.2, -0.15) is 0 Å². The Morgan fingerprint density at radius 2 is 0.778 bits per heavy atom.